The zero-order chi connectivity index (χ0) is 11.6. The summed E-state index contributed by atoms with van der Waals surface area (Å²) in [4.78, 5) is 0. The third-order valence-corrected chi connectivity index (χ3v) is 2.20. The predicted molar refractivity (Wildman–Crippen MR) is 65.9 cm³/mol. The molecule has 1 aromatic carbocycles. The van der Waals surface area contributed by atoms with E-state index in [1.54, 1.807) is 0 Å². The standard InChI is InChI=1S/C13H19ClO/c1-9(2)10-6-11(14)8-12(7-10)15-13(3,4)5/h6-9H,1-5H3. The Hall–Kier alpha value is -0.690. The molecule has 0 heterocycles. The van der Waals surface area contributed by atoms with Crippen LogP contribution in [-0.4, -0.2) is 5.60 Å². The van der Waals surface area contributed by atoms with Crippen LogP contribution in [0, 0.1) is 0 Å². The van der Waals surface area contributed by atoms with Crippen molar-refractivity contribution in [2.45, 2.75) is 46.1 Å². The lowest BCUT2D eigenvalue weighted by Gasteiger charge is -2.22. The summed E-state index contributed by atoms with van der Waals surface area (Å²) >= 11 is 6.04. The first-order valence-electron chi connectivity index (χ1n) is 5.27. The molecule has 0 radical (unpaired) electrons. The Balaban J connectivity index is 2.99. The van der Waals surface area contributed by atoms with Gasteiger partial charge in [-0.3, -0.25) is 0 Å². The van der Waals surface area contributed by atoms with E-state index in [9.17, 15) is 0 Å². The van der Waals surface area contributed by atoms with Crippen molar-refractivity contribution in [1.29, 1.82) is 0 Å². The van der Waals surface area contributed by atoms with Crippen molar-refractivity contribution in [3.63, 3.8) is 0 Å². The van der Waals surface area contributed by atoms with Gasteiger partial charge in [-0.15, -0.1) is 0 Å². The van der Waals surface area contributed by atoms with Gasteiger partial charge < -0.3 is 4.74 Å². The maximum absolute atomic E-state index is 6.04. The number of hydrogen-bond donors (Lipinski definition) is 0. The second-order valence-electron chi connectivity index (χ2n) is 5.09. The van der Waals surface area contributed by atoms with Crippen molar-refractivity contribution in [3.8, 4) is 5.75 Å². The molecular formula is C13H19ClO. The average molecular weight is 227 g/mol. The highest BCUT2D eigenvalue weighted by Gasteiger charge is 2.13. The molecule has 0 bridgehead atoms. The van der Waals surface area contributed by atoms with Crippen LogP contribution in [0.2, 0.25) is 5.02 Å². The molecule has 1 nitrogen and oxygen atoms in total. The maximum atomic E-state index is 6.04. The quantitative estimate of drug-likeness (QED) is 0.714. The summed E-state index contributed by atoms with van der Waals surface area (Å²) in [7, 11) is 0. The van der Waals surface area contributed by atoms with Crippen LogP contribution < -0.4 is 4.74 Å². The van der Waals surface area contributed by atoms with Gasteiger partial charge in [0.1, 0.15) is 11.4 Å². The van der Waals surface area contributed by atoms with E-state index < -0.39 is 0 Å². The van der Waals surface area contributed by atoms with Crippen LogP contribution in [0.25, 0.3) is 0 Å². The van der Waals surface area contributed by atoms with E-state index in [4.69, 9.17) is 16.3 Å². The molecule has 0 fully saturated rings. The van der Waals surface area contributed by atoms with Crippen LogP contribution in [0.1, 0.15) is 46.1 Å². The number of benzene rings is 1. The summed E-state index contributed by atoms with van der Waals surface area (Å²) in [6, 6.07) is 5.90. The second-order valence-corrected chi connectivity index (χ2v) is 5.53. The van der Waals surface area contributed by atoms with Gasteiger partial charge in [-0.2, -0.15) is 0 Å². The van der Waals surface area contributed by atoms with E-state index >= 15 is 0 Å². The minimum Gasteiger partial charge on any atom is -0.488 e. The second kappa shape index (κ2) is 4.44. The van der Waals surface area contributed by atoms with E-state index in [0.717, 1.165) is 10.8 Å². The lowest BCUT2D eigenvalue weighted by Crippen LogP contribution is -2.23. The summed E-state index contributed by atoms with van der Waals surface area (Å²) in [5.41, 5.74) is 1.03. The SMILES string of the molecule is CC(C)c1cc(Cl)cc(OC(C)(C)C)c1. The molecule has 15 heavy (non-hydrogen) atoms. The molecule has 0 aromatic heterocycles. The first-order valence-corrected chi connectivity index (χ1v) is 5.65. The first-order chi connectivity index (χ1) is 6.78. The van der Waals surface area contributed by atoms with Gasteiger partial charge in [0.2, 0.25) is 0 Å². The molecule has 0 N–H and O–H groups in total. The van der Waals surface area contributed by atoms with Gasteiger partial charge in [0.25, 0.3) is 0 Å². The summed E-state index contributed by atoms with van der Waals surface area (Å²) in [5, 5.41) is 0.737. The van der Waals surface area contributed by atoms with E-state index in [1.807, 2.05) is 32.9 Å². The Labute approximate surface area is 97.4 Å². The third-order valence-electron chi connectivity index (χ3n) is 1.98. The Bertz CT molecular complexity index is 337. The summed E-state index contributed by atoms with van der Waals surface area (Å²) in [6.07, 6.45) is 0. The molecule has 0 saturated carbocycles. The molecule has 84 valence electrons. The van der Waals surface area contributed by atoms with E-state index in [-0.39, 0.29) is 5.60 Å². The fourth-order valence-corrected chi connectivity index (χ4v) is 1.56. The molecule has 0 atom stereocenters. The predicted octanol–water partition coefficient (Wildman–Crippen LogP) is 4.64. The molecule has 0 aliphatic heterocycles. The normalized spacial score (nSPS) is 11.9. The summed E-state index contributed by atoms with van der Waals surface area (Å²) < 4.78 is 5.79. The Morgan fingerprint density at radius 3 is 2.20 bits per heavy atom. The molecule has 0 unspecified atom stereocenters. The highest BCUT2D eigenvalue weighted by atomic mass is 35.5. The van der Waals surface area contributed by atoms with E-state index in [0.29, 0.717) is 5.92 Å². The van der Waals surface area contributed by atoms with Crippen molar-refractivity contribution < 1.29 is 4.74 Å². The van der Waals surface area contributed by atoms with Crippen molar-refractivity contribution in [1.82, 2.24) is 0 Å². The molecule has 1 aromatic rings. The summed E-state index contributed by atoms with van der Waals surface area (Å²) in [6.45, 7) is 10.4. The maximum Gasteiger partial charge on any atom is 0.121 e. The average Bonchev–Trinajstić information content (AvgIpc) is 1.99. The van der Waals surface area contributed by atoms with Gasteiger partial charge in [-0.1, -0.05) is 25.4 Å². The van der Waals surface area contributed by atoms with Crippen molar-refractivity contribution >= 4 is 11.6 Å². The third kappa shape index (κ3) is 4.13. The zero-order valence-electron chi connectivity index (χ0n) is 10.1. The molecule has 0 spiro atoms. The molecule has 2 heteroatoms. The van der Waals surface area contributed by atoms with Crippen LogP contribution in [-0.2, 0) is 0 Å². The van der Waals surface area contributed by atoms with E-state index in [1.165, 1.54) is 5.56 Å². The zero-order valence-corrected chi connectivity index (χ0v) is 10.9. The van der Waals surface area contributed by atoms with Gasteiger partial charge in [-0.05, 0) is 50.5 Å². The Morgan fingerprint density at radius 2 is 1.73 bits per heavy atom. The van der Waals surface area contributed by atoms with Gasteiger partial charge in [0, 0.05) is 5.02 Å². The lowest BCUT2D eigenvalue weighted by molar-refractivity contribution is 0.131. The highest BCUT2D eigenvalue weighted by Crippen LogP contribution is 2.27. The molecular weight excluding hydrogens is 208 g/mol. The van der Waals surface area contributed by atoms with E-state index in [2.05, 4.69) is 19.9 Å². The topological polar surface area (TPSA) is 9.23 Å². The van der Waals surface area contributed by atoms with Crippen LogP contribution in [0.5, 0.6) is 5.75 Å². The number of hydrogen-bond acceptors (Lipinski definition) is 1. The molecule has 0 amide bonds. The lowest BCUT2D eigenvalue weighted by atomic mass is 10.0. The number of halogens is 1. The molecule has 1 rings (SSSR count). The van der Waals surface area contributed by atoms with Crippen LogP contribution in [0.3, 0.4) is 0 Å². The minimum absolute atomic E-state index is 0.182. The van der Waals surface area contributed by atoms with Crippen molar-refractivity contribution in [2.24, 2.45) is 0 Å². The highest BCUT2D eigenvalue weighted by molar-refractivity contribution is 6.30. The van der Waals surface area contributed by atoms with Gasteiger partial charge in [-0.25, -0.2) is 0 Å². The molecule has 0 aliphatic carbocycles. The van der Waals surface area contributed by atoms with Crippen LogP contribution in [0.4, 0.5) is 0 Å². The van der Waals surface area contributed by atoms with Crippen LogP contribution >= 0.6 is 11.6 Å². The van der Waals surface area contributed by atoms with Gasteiger partial charge in [0.05, 0.1) is 0 Å². The van der Waals surface area contributed by atoms with Crippen molar-refractivity contribution in [2.75, 3.05) is 0 Å². The summed E-state index contributed by atoms with van der Waals surface area (Å²) in [5.74, 6) is 1.31. The minimum atomic E-state index is -0.182. The monoisotopic (exact) mass is 226 g/mol. The Kier molecular flexibility index (Phi) is 3.67. The number of ether oxygens (including phenoxy) is 1. The fourth-order valence-electron chi connectivity index (χ4n) is 1.33. The van der Waals surface area contributed by atoms with Gasteiger partial charge in [0.15, 0.2) is 0 Å². The fraction of sp³-hybridized carbons (Fsp3) is 0.538. The Morgan fingerprint density at radius 1 is 1.13 bits per heavy atom. The van der Waals surface area contributed by atoms with Crippen molar-refractivity contribution in [3.05, 3.63) is 28.8 Å². The van der Waals surface area contributed by atoms with Gasteiger partial charge >= 0.3 is 0 Å². The largest absolute Gasteiger partial charge is 0.488 e. The molecule has 0 saturated heterocycles. The molecule has 0 aliphatic rings. The smallest absolute Gasteiger partial charge is 0.121 e. The van der Waals surface area contributed by atoms with Crippen LogP contribution in [0.15, 0.2) is 18.2 Å². The number of rotatable bonds is 2. The first kappa shape index (κ1) is 12.4.